The average molecular weight is 321 g/mol. The number of piperidine rings is 1. The molecule has 122 valence electrons. The molecule has 0 saturated carbocycles. The van der Waals surface area contributed by atoms with Gasteiger partial charge in [-0.25, -0.2) is 0 Å². The zero-order chi connectivity index (χ0) is 17.1. The zero-order valence-corrected chi connectivity index (χ0v) is 12.6. The number of nitrogens with one attached hydrogen (secondary N) is 1. The van der Waals surface area contributed by atoms with Crippen LogP contribution < -0.4 is 10.1 Å². The van der Waals surface area contributed by atoms with Crippen LogP contribution in [0, 0.1) is 10.1 Å². The number of carbonyl (C=O) groups excluding carboxylic acids is 3. The summed E-state index contributed by atoms with van der Waals surface area (Å²) in [5.74, 6) is -1.40. The second kappa shape index (κ2) is 6.42. The number of nitro benzene ring substituents is 1. The molecule has 23 heavy (non-hydrogen) atoms. The summed E-state index contributed by atoms with van der Waals surface area (Å²) < 4.78 is 5.03. The molecule has 1 N–H and O–H groups in total. The molecule has 0 spiro atoms. The minimum absolute atomic E-state index is 0.0448. The standard InChI is InChI=1S/C14H15N3O6/c1-16(10-5-6-12(18)15-13(10)19)14(20)9-4-3-8(17(21)22)7-11(9)23-2/h3-4,7,10H,5-6H2,1-2H3,(H,15,18,19). The number of benzene rings is 1. The fourth-order valence-electron chi connectivity index (χ4n) is 2.35. The molecule has 2 rings (SSSR count). The summed E-state index contributed by atoms with van der Waals surface area (Å²) in [6.45, 7) is 0. The number of imide groups is 1. The molecule has 1 heterocycles. The number of non-ortho nitro benzene ring substituents is 1. The van der Waals surface area contributed by atoms with Crippen molar-refractivity contribution in [1.82, 2.24) is 10.2 Å². The van der Waals surface area contributed by atoms with E-state index in [1.807, 2.05) is 0 Å². The van der Waals surface area contributed by atoms with E-state index in [9.17, 15) is 24.5 Å². The number of carbonyl (C=O) groups is 3. The van der Waals surface area contributed by atoms with Crippen LogP contribution in [0.3, 0.4) is 0 Å². The Balaban J connectivity index is 2.27. The lowest BCUT2D eigenvalue weighted by molar-refractivity contribution is -0.384. The molecule has 0 radical (unpaired) electrons. The molecule has 9 nitrogen and oxygen atoms in total. The van der Waals surface area contributed by atoms with E-state index < -0.39 is 22.8 Å². The van der Waals surface area contributed by atoms with Crippen molar-refractivity contribution in [2.75, 3.05) is 14.2 Å². The van der Waals surface area contributed by atoms with E-state index in [0.29, 0.717) is 0 Å². The number of methoxy groups -OCH3 is 1. The Morgan fingerprint density at radius 2 is 2.13 bits per heavy atom. The number of likely N-dealkylation sites (N-methyl/N-ethyl adjacent to an activating group) is 1. The van der Waals surface area contributed by atoms with Crippen molar-refractivity contribution in [3.63, 3.8) is 0 Å². The molecule has 3 amide bonds. The first-order chi connectivity index (χ1) is 10.8. The van der Waals surface area contributed by atoms with Gasteiger partial charge >= 0.3 is 0 Å². The summed E-state index contributed by atoms with van der Waals surface area (Å²) in [4.78, 5) is 46.9. The highest BCUT2D eigenvalue weighted by atomic mass is 16.6. The van der Waals surface area contributed by atoms with Crippen molar-refractivity contribution >= 4 is 23.4 Å². The fraction of sp³-hybridized carbons (Fsp3) is 0.357. The molecule has 1 aliphatic heterocycles. The number of nitrogens with zero attached hydrogens (tertiary/aromatic N) is 2. The Bertz CT molecular complexity index is 687. The number of amides is 3. The molecule has 9 heteroatoms. The molecule has 1 aromatic rings. The van der Waals surface area contributed by atoms with Crippen LogP contribution in [0.4, 0.5) is 5.69 Å². The third-order valence-electron chi connectivity index (χ3n) is 3.62. The molecule has 0 aromatic heterocycles. The van der Waals surface area contributed by atoms with Gasteiger partial charge in [0.2, 0.25) is 11.8 Å². The smallest absolute Gasteiger partial charge is 0.273 e. The Labute approximate surface area is 131 Å². The Kier molecular flexibility index (Phi) is 4.58. The highest BCUT2D eigenvalue weighted by Crippen LogP contribution is 2.26. The van der Waals surface area contributed by atoms with Gasteiger partial charge in [-0.05, 0) is 12.5 Å². The summed E-state index contributed by atoms with van der Waals surface area (Å²) in [7, 11) is 2.73. The van der Waals surface area contributed by atoms with Crippen LogP contribution in [0.25, 0.3) is 0 Å². The molecule has 1 aliphatic rings. The van der Waals surface area contributed by atoms with Crippen LogP contribution in [0.5, 0.6) is 5.75 Å². The molecule has 1 unspecified atom stereocenters. The zero-order valence-electron chi connectivity index (χ0n) is 12.6. The number of nitro groups is 1. The van der Waals surface area contributed by atoms with Gasteiger partial charge < -0.3 is 9.64 Å². The summed E-state index contributed by atoms with van der Waals surface area (Å²) in [6, 6.07) is 2.83. The monoisotopic (exact) mass is 321 g/mol. The number of hydrogen-bond acceptors (Lipinski definition) is 6. The van der Waals surface area contributed by atoms with Gasteiger partial charge in [0.1, 0.15) is 11.8 Å². The van der Waals surface area contributed by atoms with Crippen molar-refractivity contribution in [3.8, 4) is 5.75 Å². The summed E-state index contributed by atoms with van der Waals surface area (Å²) in [5, 5.41) is 13.0. The summed E-state index contributed by atoms with van der Waals surface area (Å²) >= 11 is 0. The van der Waals surface area contributed by atoms with Gasteiger partial charge in [0.25, 0.3) is 11.6 Å². The second-order valence-corrected chi connectivity index (χ2v) is 5.02. The van der Waals surface area contributed by atoms with E-state index in [0.717, 1.165) is 6.07 Å². The minimum Gasteiger partial charge on any atom is -0.496 e. The van der Waals surface area contributed by atoms with Crippen LogP contribution in [0.15, 0.2) is 18.2 Å². The minimum atomic E-state index is -0.778. The Hall–Kier alpha value is -2.97. The predicted octanol–water partition coefficient (Wildman–Crippen LogP) is 0.481. The van der Waals surface area contributed by atoms with E-state index in [2.05, 4.69) is 5.32 Å². The highest BCUT2D eigenvalue weighted by Gasteiger charge is 2.33. The van der Waals surface area contributed by atoms with Crippen molar-refractivity contribution in [2.24, 2.45) is 0 Å². The molecule has 1 saturated heterocycles. The maximum absolute atomic E-state index is 12.5. The maximum Gasteiger partial charge on any atom is 0.273 e. The maximum atomic E-state index is 12.5. The van der Waals surface area contributed by atoms with E-state index in [-0.39, 0.29) is 35.7 Å². The second-order valence-electron chi connectivity index (χ2n) is 5.02. The van der Waals surface area contributed by atoms with Gasteiger partial charge in [0.05, 0.1) is 23.7 Å². The molecule has 1 fully saturated rings. The van der Waals surface area contributed by atoms with E-state index in [1.54, 1.807) is 0 Å². The number of rotatable bonds is 4. The normalized spacial score (nSPS) is 17.4. The molecule has 0 bridgehead atoms. The fourth-order valence-corrected chi connectivity index (χ4v) is 2.35. The molecule has 1 aromatic carbocycles. The Morgan fingerprint density at radius 1 is 1.43 bits per heavy atom. The lowest BCUT2D eigenvalue weighted by atomic mass is 10.0. The van der Waals surface area contributed by atoms with Gasteiger partial charge in [-0.1, -0.05) is 0 Å². The van der Waals surface area contributed by atoms with Crippen molar-refractivity contribution in [1.29, 1.82) is 0 Å². The molecule has 1 atom stereocenters. The van der Waals surface area contributed by atoms with E-state index >= 15 is 0 Å². The first-order valence-corrected chi connectivity index (χ1v) is 6.78. The van der Waals surface area contributed by atoms with E-state index in [4.69, 9.17) is 4.74 Å². The first-order valence-electron chi connectivity index (χ1n) is 6.78. The third kappa shape index (κ3) is 3.28. The van der Waals surface area contributed by atoms with Gasteiger partial charge in [-0.3, -0.25) is 29.8 Å². The van der Waals surface area contributed by atoms with Crippen LogP contribution in [0.1, 0.15) is 23.2 Å². The highest BCUT2D eigenvalue weighted by molar-refractivity contribution is 6.04. The van der Waals surface area contributed by atoms with Crippen LogP contribution >= 0.6 is 0 Å². The summed E-state index contributed by atoms with van der Waals surface area (Å²) in [6.07, 6.45) is 0.369. The molecular weight excluding hydrogens is 306 g/mol. The molecule has 0 aliphatic carbocycles. The van der Waals surface area contributed by atoms with Gasteiger partial charge in [0.15, 0.2) is 0 Å². The lowest BCUT2D eigenvalue weighted by Gasteiger charge is -2.30. The SMILES string of the molecule is COc1cc([N+](=O)[O-])ccc1C(=O)N(C)C1CCC(=O)NC1=O. The van der Waals surface area contributed by atoms with Crippen molar-refractivity contribution in [2.45, 2.75) is 18.9 Å². The van der Waals surface area contributed by atoms with Gasteiger partial charge in [-0.2, -0.15) is 0 Å². The van der Waals surface area contributed by atoms with Gasteiger partial charge in [0, 0.05) is 19.5 Å². The number of ether oxygens (including phenoxy) is 1. The van der Waals surface area contributed by atoms with Crippen LogP contribution in [0.2, 0.25) is 0 Å². The first kappa shape index (κ1) is 16.4. The quantitative estimate of drug-likeness (QED) is 0.489. The third-order valence-corrected chi connectivity index (χ3v) is 3.62. The average Bonchev–Trinajstić information content (AvgIpc) is 2.52. The molecular formula is C14H15N3O6. The van der Waals surface area contributed by atoms with E-state index in [1.165, 1.54) is 31.2 Å². The predicted molar refractivity (Wildman–Crippen MR) is 77.9 cm³/mol. The van der Waals surface area contributed by atoms with Crippen molar-refractivity contribution < 1.29 is 24.0 Å². The van der Waals surface area contributed by atoms with Crippen LogP contribution in [-0.4, -0.2) is 47.7 Å². The topological polar surface area (TPSA) is 119 Å². The number of hydrogen-bond donors (Lipinski definition) is 1. The largest absolute Gasteiger partial charge is 0.496 e. The van der Waals surface area contributed by atoms with Crippen molar-refractivity contribution in [3.05, 3.63) is 33.9 Å². The van der Waals surface area contributed by atoms with Gasteiger partial charge in [-0.15, -0.1) is 0 Å². The van der Waals surface area contributed by atoms with Crippen LogP contribution in [-0.2, 0) is 9.59 Å². The summed E-state index contributed by atoms with van der Waals surface area (Å²) in [5.41, 5.74) is -0.104. The Morgan fingerprint density at radius 3 is 2.70 bits per heavy atom. The lowest BCUT2D eigenvalue weighted by Crippen LogP contribution is -2.52.